The summed E-state index contributed by atoms with van der Waals surface area (Å²) in [5, 5.41) is 17.0. The number of hydrogen-bond acceptors (Lipinski definition) is 4. The van der Waals surface area contributed by atoms with Gasteiger partial charge in [0, 0.05) is 10.7 Å². The minimum atomic E-state index is -1.12. The molecule has 3 rings (SSSR count). The Morgan fingerprint density at radius 3 is 2.59 bits per heavy atom. The van der Waals surface area contributed by atoms with Gasteiger partial charge in [-0.15, -0.1) is 5.10 Å². The van der Waals surface area contributed by atoms with Crippen molar-refractivity contribution in [3.05, 3.63) is 64.4 Å². The molecule has 1 aromatic carbocycles. The van der Waals surface area contributed by atoms with Gasteiger partial charge in [-0.25, -0.2) is 9.48 Å². The fourth-order valence-electron chi connectivity index (χ4n) is 2.09. The van der Waals surface area contributed by atoms with Crippen LogP contribution in [0.3, 0.4) is 0 Å². The van der Waals surface area contributed by atoms with Crippen LogP contribution in [0.2, 0.25) is 0 Å². The summed E-state index contributed by atoms with van der Waals surface area (Å²) in [6.07, 6.45) is 1.61. The summed E-state index contributed by atoms with van der Waals surface area (Å²) >= 11 is 3.38. The summed E-state index contributed by atoms with van der Waals surface area (Å²) in [4.78, 5) is 15.6. The molecule has 1 N–H and O–H groups in total. The first-order valence-electron chi connectivity index (χ1n) is 6.48. The van der Waals surface area contributed by atoms with Crippen molar-refractivity contribution in [2.75, 3.05) is 0 Å². The lowest BCUT2D eigenvalue weighted by molar-refractivity contribution is 0.0691. The van der Waals surface area contributed by atoms with Crippen molar-refractivity contribution < 1.29 is 9.90 Å². The van der Waals surface area contributed by atoms with Crippen molar-refractivity contribution in [1.82, 2.24) is 20.0 Å². The Bertz CT molecular complexity index is 800. The quantitative estimate of drug-likeness (QED) is 0.775. The molecule has 22 heavy (non-hydrogen) atoms. The van der Waals surface area contributed by atoms with Crippen LogP contribution in [0.1, 0.15) is 16.1 Å². The van der Waals surface area contributed by atoms with Gasteiger partial charge < -0.3 is 5.11 Å². The summed E-state index contributed by atoms with van der Waals surface area (Å²) in [5.74, 6) is -1.12. The van der Waals surface area contributed by atoms with Gasteiger partial charge in [0.2, 0.25) is 0 Å². The molecule has 0 radical (unpaired) electrons. The molecule has 2 heterocycles. The smallest absolute Gasteiger partial charge is 0.358 e. The van der Waals surface area contributed by atoms with E-state index in [1.165, 1.54) is 0 Å². The summed E-state index contributed by atoms with van der Waals surface area (Å²) in [6, 6.07) is 13.0. The summed E-state index contributed by atoms with van der Waals surface area (Å²) in [7, 11) is 0. The Labute approximate surface area is 134 Å². The number of nitrogens with zero attached hydrogens (tertiary/aromatic N) is 4. The molecule has 0 aliphatic heterocycles. The number of carbonyl (C=O) groups is 1. The van der Waals surface area contributed by atoms with Crippen molar-refractivity contribution >= 4 is 21.9 Å². The first-order chi connectivity index (χ1) is 10.6. The molecule has 0 fully saturated rings. The number of carboxylic acids is 1. The normalized spacial score (nSPS) is 10.6. The van der Waals surface area contributed by atoms with Crippen LogP contribution in [-0.4, -0.2) is 31.1 Å². The Hall–Kier alpha value is -2.54. The van der Waals surface area contributed by atoms with Crippen LogP contribution in [0.15, 0.2) is 53.1 Å². The molecule has 6 nitrogen and oxygen atoms in total. The van der Waals surface area contributed by atoms with Crippen molar-refractivity contribution in [3.8, 4) is 11.4 Å². The number of rotatable bonds is 4. The molecule has 0 atom stereocenters. The van der Waals surface area contributed by atoms with Gasteiger partial charge >= 0.3 is 5.97 Å². The first kappa shape index (κ1) is 14.4. The topological polar surface area (TPSA) is 80.9 Å². The van der Waals surface area contributed by atoms with Gasteiger partial charge in [-0.3, -0.25) is 4.98 Å². The van der Waals surface area contributed by atoms with Crippen molar-refractivity contribution in [3.63, 3.8) is 0 Å². The number of aromatic carboxylic acids is 1. The van der Waals surface area contributed by atoms with Crippen LogP contribution < -0.4 is 0 Å². The molecule has 0 unspecified atom stereocenters. The molecule has 0 amide bonds. The van der Waals surface area contributed by atoms with Gasteiger partial charge in [-0.2, -0.15) is 0 Å². The zero-order valence-corrected chi connectivity index (χ0v) is 12.9. The average Bonchev–Trinajstić information content (AvgIpc) is 2.94. The SMILES string of the molecule is O=C(O)c1nnn(Cc2ccc(Br)cc2)c1-c1ccccn1. The fraction of sp³-hybridized carbons (Fsp3) is 0.0667. The highest BCUT2D eigenvalue weighted by molar-refractivity contribution is 9.10. The highest BCUT2D eigenvalue weighted by atomic mass is 79.9. The molecule has 0 aliphatic carbocycles. The number of benzene rings is 1. The van der Waals surface area contributed by atoms with Crippen LogP contribution in [0.5, 0.6) is 0 Å². The van der Waals surface area contributed by atoms with Gasteiger partial charge in [0.05, 0.1) is 12.2 Å². The molecular weight excluding hydrogens is 348 g/mol. The summed E-state index contributed by atoms with van der Waals surface area (Å²) in [6.45, 7) is 0.416. The molecule has 7 heteroatoms. The highest BCUT2D eigenvalue weighted by Gasteiger charge is 2.21. The predicted octanol–water partition coefficient (Wildman–Crippen LogP) is 2.85. The molecule has 0 bridgehead atoms. The molecular formula is C15H11BrN4O2. The molecule has 0 saturated carbocycles. The van der Waals surface area contributed by atoms with Gasteiger partial charge in [-0.05, 0) is 29.8 Å². The Balaban J connectivity index is 2.05. The second kappa shape index (κ2) is 6.07. The summed E-state index contributed by atoms with van der Waals surface area (Å²) in [5.41, 5.74) is 1.82. The van der Waals surface area contributed by atoms with E-state index in [-0.39, 0.29) is 5.69 Å². The van der Waals surface area contributed by atoms with E-state index in [2.05, 4.69) is 31.2 Å². The number of pyridine rings is 1. The van der Waals surface area contributed by atoms with E-state index in [0.29, 0.717) is 17.9 Å². The van der Waals surface area contributed by atoms with E-state index >= 15 is 0 Å². The average molecular weight is 359 g/mol. The Kier molecular flexibility index (Phi) is 3.97. The monoisotopic (exact) mass is 358 g/mol. The molecule has 110 valence electrons. The largest absolute Gasteiger partial charge is 0.476 e. The number of halogens is 1. The zero-order chi connectivity index (χ0) is 15.5. The van der Waals surface area contributed by atoms with Gasteiger partial charge in [0.25, 0.3) is 0 Å². The van der Waals surface area contributed by atoms with E-state index in [0.717, 1.165) is 10.0 Å². The van der Waals surface area contributed by atoms with Crippen molar-refractivity contribution in [2.24, 2.45) is 0 Å². The maximum Gasteiger partial charge on any atom is 0.358 e. The van der Waals surface area contributed by atoms with E-state index in [4.69, 9.17) is 0 Å². The number of aromatic nitrogens is 4. The van der Waals surface area contributed by atoms with Gasteiger partial charge in [0.1, 0.15) is 5.69 Å². The van der Waals surface area contributed by atoms with Crippen molar-refractivity contribution in [2.45, 2.75) is 6.54 Å². The third kappa shape index (κ3) is 2.89. The molecule has 0 aliphatic rings. The molecule has 0 spiro atoms. The molecule has 3 aromatic rings. The van der Waals surface area contributed by atoms with E-state index < -0.39 is 5.97 Å². The third-order valence-corrected chi connectivity index (χ3v) is 3.62. The zero-order valence-electron chi connectivity index (χ0n) is 11.3. The van der Waals surface area contributed by atoms with Crippen molar-refractivity contribution in [1.29, 1.82) is 0 Å². The number of carboxylic acid groups (broad SMARTS) is 1. The van der Waals surface area contributed by atoms with E-state index in [1.807, 2.05) is 24.3 Å². The lowest BCUT2D eigenvalue weighted by Crippen LogP contribution is -2.07. The lowest BCUT2D eigenvalue weighted by Gasteiger charge is -2.07. The summed E-state index contributed by atoms with van der Waals surface area (Å²) < 4.78 is 2.53. The Morgan fingerprint density at radius 2 is 1.95 bits per heavy atom. The van der Waals surface area contributed by atoms with Gasteiger partial charge in [-0.1, -0.05) is 39.3 Å². The van der Waals surface area contributed by atoms with Crippen LogP contribution in [0.25, 0.3) is 11.4 Å². The van der Waals surface area contributed by atoms with Crippen LogP contribution >= 0.6 is 15.9 Å². The highest BCUT2D eigenvalue weighted by Crippen LogP contribution is 2.21. The van der Waals surface area contributed by atoms with E-state index in [9.17, 15) is 9.90 Å². The Morgan fingerprint density at radius 1 is 1.18 bits per heavy atom. The minimum absolute atomic E-state index is 0.101. The molecule has 2 aromatic heterocycles. The maximum atomic E-state index is 11.4. The second-order valence-electron chi connectivity index (χ2n) is 4.59. The van der Waals surface area contributed by atoms with Crippen LogP contribution in [-0.2, 0) is 6.54 Å². The fourth-order valence-corrected chi connectivity index (χ4v) is 2.35. The van der Waals surface area contributed by atoms with Gasteiger partial charge in [0.15, 0.2) is 5.69 Å². The minimum Gasteiger partial charge on any atom is -0.476 e. The third-order valence-electron chi connectivity index (χ3n) is 3.09. The maximum absolute atomic E-state index is 11.4. The molecule has 0 saturated heterocycles. The van der Waals surface area contributed by atoms with Crippen LogP contribution in [0.4, 0.5) is 0 Å². The predicted molar refractivity (Wildman–Crippen MR) is 83.5 cm³/mol. The first-order valence-corrected chi connectivity index (χ1v) is 7.27. The second-order valence-corrected chi connectivity index (χ2v) is 5.51. The number of hydrogen-bond donors (Lipinski definition) is 1. The van der Waals surface area contributed by atoms with E-state index in [1.54, 1.807) is 29.1 Å². The lowest BCUT2D eigenvalue weighted by atomic mass is 10.2. The standard InChI is InChI=1S/C15H11BrN4O2/c16-11-6-4-10(5-7-11)9-20-14(12-3-1-2-8-17-12)13(15(21)22)18-19-20/h1-8H,9H2,(H,21,22). The van der Waals surface area contributed by atoms with Crippen LogP contribution in [0, 0.1) is 0 Å².